The SMILES string of the molecule is FC(F)(F)C1CCCCC1CNCCCN1CCCC1. The van der Waals surface area contributed by atoms with E-state index in [1.807, 2.05) is 0 Å². The molecule has 0 aromatic carbocycles. The molecule has 2 rings (SSSR count). The molecule has 20 heavy (non-hydrogen) atoms. The van der Waals surface area contributed by atoms with E-state index in [4.69, 9.17) is 0 Å². The van der Waals surface area contributed by atoms with Gasteiger partial charge in [-0.1, -0.05) is 12.8 Å². The highest BCUT2D eigenvalue weighted by Crippen LogP contribution is 2.41. The van der Waals surface area contributed by atoms with Crippen molar-refractivity contribution in [3.63, 3.8) is 0 Å². The van der Waals surface area contributed by atoms with Crippen LogP contribution in [0.3, 0.4) is 0 Å². The fourth-order valence-electron chi connectivity index (χ4n) is 3.60. The first-order valence-corrected chi connectivity index (χ1v) is 8.07. The molecule has 2 fully saturated rings. The van der Waals surface area contributed by atoms with Crippen molar-refractivity contribution in [3.05, 3.63) is 0 Å². The fraction of sp³-hybridized carbons (Fsp3) is 1.00. The van der Waals surface area contributed by atoms with Crippen LogP contribution < -0.4 is 5.32 Å². The van der Waals surface area contributed by atoms with Crippen molar-refractivity contribution >= 4 is 0 Å². The van der Waals surface area contributed by atoms with Gasteiger partial charge >= 0.3 is 6.18 Å². The summed E-state index contributed by atoms with van der Waals surface area (Å²) in [4.78, 5) is 2.45. The van der Waals surface area contributed by atoms with Crippen molar-refractivity contribution in [3.8, 4) is 0 Å². The second-order valence-electron chi connectivity index (χ2n) is 6.30. The Morgan fingerprint density at radius 2 is 1.70 bits per heavy atom. The standard InChI is InChI=1S/C15H27F3N2/c16-15(17,18)14-7-2-1-6-13(14)12-19-8-5-11-20-9-3-4-10-20/h13-14,19H,1-12H2. The van der Waals surface area contributed by atoms with Crippen molar-refractivity contribution in [2.75, 3.05) is 32.7 Å². The lowest BCUT2D eigenvalue weighted by atomic mass is 9.78. The van der Waals surface area contributed by atoms with Crippen LogP contribution in [0.2, 0.25) is 0 Å². The van der Waals surface area contributed by atoms with Gasteiger partial charge in [0.05, 0.1) is 5.92 Å². The Labute approximate surface area is 120 Å². The van der Waals surface area contributed by atoms with E-state index in [0.717, 1.165) is 38.8 Å². The molecule has 0 amide bonds. The molecule has 1 saturated heterocycles. The van der Waals surface area contributed by atoms with Crippen molar-refractivity contribution in [2.24, 2.45) is 11.8 Å². The second-order valence-corrected chi connectivity index (χ2v) is 6.30. The smallest absolute Gasteiger partial charge is 0.316 e. The van der Waals surface area contributed by atoms with E-state index in [1.54, 1.807) is 0 Å². The first-order valence-electron chi connectivity index (χ1n) is 8.07. The second kappa shape index (κ2) is 7.64. The molecule has 1 N–H and O–H groups in total. The van der Waals surface area contributed by atoms with Gasteiger partial charge in [0.25, 0.3) is 0 Å². The van der Waals surface area contributed by atoms with E-state index in [1.165, 1.54) is 25.9 Å². The average molecular weight is 292 g/mol. The third kappa shape index (κ3) is 4.92. The van der Waals surface area contributed by atoms with E-state index in [9.17, 15) is 13.2 Å². The molecule has 1 heterocycles. The Hall–Kier alpha value is -0.290. The Morgan fingerprint density at radius 1 is 1.00 bits per heavy atom. The highest BCUT2D eigenvalue weighted by molar-refractivity contribution is 4.82. The van der Waals surface area contributed by atoms with Crippen LogP contribution in [-0.4, -0.2) is 43.8 Å². The summed E-state index contributed by atoms with van der Waals surface area (Å²) in [5, 5.41) is 3.25. The first kappa shape index (κ1) is 16.1. The van der Waals surface area contributed by atoms with Gasteiger partial charge in [-0.25, -0.2) is 0 Å². The predicted molar refractivity (Wildman–Crippen MR) is 74.7 cm³/mol. The molecule has 2 atom stereocenters. The van der Waals surface area contributed by atoms with Crippen LogP contribution in [0.1, 0.15) is 44.9 Å². The van der Waals surface area contributed by atoms with Crippen LogP contribution in [0.4, 0.5) is 13.2 Å². The summed E-state index contributed by atoms with van der Waals surface area (Å²) in [6.45, 7) is 4.85. The van der Waals surface area contributed by atoms with Crippen LogP contribution >= 0.6 is 0 Å². The minimum atomic E-state index is -4.01. The van der Waals surface area contributed by atoms with Crippen LogP contribution in [0, 0.1) is 11.8 Å². The topological polar surface area (TPSA) is 15.3 Å². The quantitative estimate of drug-likeness (QED) is 0.755. The molecular weight excluding hydrogens is 265 g/mol. The van der Waals surface area contributed by atoms with Gasteiger partial charge in [0.15, 0.2) is 0 Å². The maximum Gasteiger partial charge on any atom is 0.392 e. The third-order valence-electron chi connectivity index (χ3n) is 4.76. The van der Waals surface area contributed by atoms with Gasteiger partial charge < -0.3 is 10.2 Å². The fourth-order valence-corrected chi connectivity index (χ4v) is 3.60. The number of alkyl halides is 3. The van der Waals surface area contributed by atoms with Gasteiger partial charge in [-0.3, -0.25) is 0 Å². The van der Waals surface area contributed by atoms with E-state index >= 15 is 0 Å². The van der Waals surface area contributed by atoms with E-state index in [2.05, 4.69) is 10.2 Å². The van der Waals surface area contributed by atoms with Crippen molar-refractivity contribution in [2.45, 2.75) is 51.1 Å². The van der Waals surface area contributed by atoms with Gasteiger partial charge in [-0.2, -0.15) is 13.2 Å². The molecule has 1 saturated carbocycles. The maximum absolute atomic E-state index is 12.9. The summed E-state index contributed by atoms with van der Waals surface area (Å²) >= 11 is 0. The largest absolute Gasteiger partial charge is 0.392 e. The van der Waals surface area contributed by atoms with Crippen LogP contribution in [0.5, 0.6) is 0 Å². The maximum atomic E-state index is 12.9. The Balaban J connectivity index is 1.61. The molecule has 0 aromatic rings. The summed E-state index contributed by atoms with van der Waals surface area (Å²) in [7, 11) is 0. The van der Waals surface area contributed by atoms with Crippen LogP contribution in [-0.2, 0) is 0 Å². The molecule has 0 radical (unpaired) electrons. The zero-order valence-corrected chi connectivity index (χ0v) is 12.2. The molecular formula is C15H27F3N2. The number of likely N-dealkylation sites (tertiary alicyclic amines) is 1. The number of nitrogens with one attached hydrogen (secondary N) is 1. The Bertz CT molecular complexity index is 275. The zero-order valence-electron chi connectivity index (χ0n) is 12.2. The highest BCUT2D eigenvalue weighted by atomic mass is 19.4. The van der Waals surface area contributed by atoms with Gasteiger partial charge in [-0.15, -0.1) is 0 Å². The summed E-state index contributed by atoms with van der Waals surface area (Å²) in [5.41, 5.74) is 0. The van der Waals surface area contributed by atoms with E-state index < -0.39 is 12.1 Å². The van der Waals surface area contributed by atoms with Crippen molar-refractivity contribution < 1.29 is 13.2 Å². The van der Waals surface area contributed by atoms with Crippen molar-refractivity contribution in [1.82, 2.24) is 10.2 Å². The zero-order chi connectivity index (χ0) is 14.4. The van der Waals surface area contributed by atoms with Gasteiger partial charge in [-0.05, 0) is 70.7 Å². The molecule has 2 aliphatic rings. The summed E-state index contributed by atoms with van der Waals surface area (Å²) < 4.78 is 38.8. The molecule has 1 aliphatic heterocycles. The normalized spacial score (nSPS) is 28.9. The number of halogens is 3. The minimum absolute atomic E-state index is 0.212. The predicted octanol–water partition coefficient (Wildman–Crippen LogP) is 3.43. The number of hydrogen-bond donors (Lipinski definition) is 1. The Kier molecular flexibility index (Phi) is 6.15. The molecule has 0 bridgehead atoms. The summed E-state index contributed by atoms with van der Waals surface area (Å²) in [6.07, 6.45) is 2.35. The lowest BCUT2D eigenvalue weighted by Crippen LogP contribution is -2.39. The van der Waals surface area contributed by atoms with E-state index in [-0.39, 0.29) is 5.92 Å². The number of nitrogens with zero attached hydrogens (tertiary/aromatic N) is 1. The molecule has 5 heteroatoms. The molecule has 118 valence electrons. The van der Waals surface area contributed by atoms with Crippen molar-refractivity contribution in [1.29, 1.82) is 0 Å². The minimum Gasteiger partial charge on any atom is -0.316 e. The monoisotopic (exact) mass is 292 g/mol. The summed E-state index contributed by atoms with van der Waals surface area (Å²) in [6, 6.07) is 0. The molecule has 2 nitrogen and oxygen atoms in total. The number of hydrogen-bond acceptors (Lipinski definition) is 2. The lowest BCUT2D eigenvalue weighted by molar-refractivity contribution is -0.195. The van der Waals surface area contributed by atoms with Gasteiger partial charge in [0.2, 0.25) is 0 Å². The molecule has 2 unspecified atom stereocenters. The van der Waals surface area contributed by atoms with Crippen LogP contribution in [0.15, 0.2) is 0 Å². The van der Waals surface area contributed by atoms with Gasteiger partial charge in [0.1, 0.15) is 0 Å². The third-order valence-corrected chi connectivity index (χ3v) is 4.76. The first-order chi connectivity index (χ1) is 9.57. The molecule has 0 aromatic heterocycles. The number of rotatable bonds is 6. The molecule has 1 aliphatic carbocycles. The lowest BCUT2D eigenvalue weighted by Gasteiger charge is -2.33. The van der Waals surface area contributed by atoms with E-state index in [0.29, 0.717) is 13.0 Å². The molecule has 0 spiro atoms. The highest BCUT2D eigenvalue weighted by Gasteiger charge is 2.44. The average Bonchev–Trinajstić information content (AvgIpc) is 2.91. The Morgan fingerprint density at radius 3 is 2.40 bits per heavy atom. The van der Waals surface area contributed by atoms with Crippen LogP contribution in [0.25, 0.3) is 0 Å². The van der Waals surface area contributed by atoms with Gasteiger partial charge in [0, 0.05) is 0 Å². The summed E-state index contributed by atoms with van der Waals surface area (Å²) in [5.74, 6) is -1.29.